The zero-order chi connectivity index (χ0) is 70.5. The summed E-state index contributed by atoms with van der Waals surface area (Å²) in [6.45, 7) is 4.96. The number of allylic oxidation sites excluding steroid dienone is 5. The van der Waals surface area contributed by atoms with Crippen molar-refractivity contribution in [2.24, 2.45) is 0 Å². The van der Waals surface area contributed by atoms with Gasteiger partial charge in [0.05, 0.1) is 25.4 Å². The first-order valence-electron chi connectivity index (χ1n) is 45.3. The molecule has 0 aromatic heterocycles. The predicted molar refractivity (Wildman–Crippen MR) is 435 cm³/mol. The summed E-state index contributed by atoms with van der Waals surface area (Å²) in [5.74, 6) is -0.0362. The summed E-state index contributed by atoms with van der Waals surface area (Å²) in [5, 5.41) is 23.4. The van der Waals surface area contributed by atoms with Gasteiger partial charge in [-0.3, -0.25) is 9.59 Å². The summed E-state index contributed by atoms with van der Waals surface area (Å²) < 4.78 is 5.52. The van der Waals surface area contributed by atoms with Crippen LogP contribution in [0.4, 0.5) is 0 Å². The highest BCUT2D eigenvalue weighted by atomic mass is 16.5. The van der Waals surface area contributed by atoms with Crippen molar-refractivity contribution in [2.75, 3.05) is 13.2 Å². The Balaban J connectivity index is 3.35. The van der Waals surface area contributed by atoms with Gasteiger partial charge < -0.3 is 20.3 Å². The van der Waals surface area contributed by atoms with Crippen LogP contribution < -0.4 is 5.32 Å². The van der Waals surface area contributed by atoms with Crippen LogP contribution >= 0.6 is 0 Å². The molecule has 0 saturated carbocycles. The number of aliphatic hydroxyl groups excluding tert-OH is 2. The highest BCUT2D eigenvalue weighted by Gasteiger charge is 2.18. The second-order valence-corrected chi connectivity index (χ2v) is 31.3. The lowest BCUT2D eigenvalue weighted by atomic mass is 10.0. The Labute approximate surface area is 614 Å². The van der Waals surface area contributed by atoms with Gasteiger partial charge in [0.1, 0.15) is 0 Å². The molecule has 580 valence electrons. The summed E-state index contributed by atoms with van der Waals surface area (Å²) in [4.78, 5) is 24.7. The van der Waals surface area contributed by atoms with Crippen LogP contribution in [0.5, 0.6) is 0 Å². The van der Waals surface area contributed by atoms with Gasteiger partial charge in [-0.15, -0.1) is 0 Å². The second-order valence-electron chi connectivity index (χ2n) is 31.3. The van der Waals surface area contributed by atoms with Crippen LogP contribution in [0.25, 0.3) is 0 Å². The van der Waals surface area contributed by atoms with Crippen molar-refractivity contribution in [1.29, 1.82) is 0 Å². The molecule has 0 aliphatic carbocycles. The first kappa shape index (κ1) is 96.1. The Morgan fingerprint density at radius 1 is 0.276 bits per heavy atom. The van der Waals surface area contributed by atoms with Crippen molar-refractivity contribution < 1.29 is 24.5 Å². The van der Waals surface area contributed by atoms with Gasteiger partial charge >= 0.3 is 5.97 Å². The fourth-order valence-electron chi connectivity index (χ4n) is 14.5. The minimum absolute atomic E-state index is 0.0220. The van der Waals surface area contributed by atoms with Gasteiger partial charge in [0.25, 0.3) is 0 Å². The quantitative estimate of drug-likeness (QED) is 0.0320. The first-order chi connectivity index (χ1) is 48.5. The van der Waals surface area contributed by atoms with Gasteiger partial charge in [-0.1, -0.05) is 455 Å². The molecule has 3 N–H and O–H groups in total. The van der Waals surface area contributed by atoms with Crippen LogP contribution in [-0.4, -0.2) is 47.4 Å². The molecule has 0 bridgehead atoms. The molecule has 6 nitrogen and oxygen atoms in total. The molecule has 1 amide bonds. The second kappa shape index (κ2) is 87.5. The Bertz CT molecular complexity index is 1590. The van der Waals surface area contributed by atoms with Crippen LogP contribution in [0.2, 0.25) is 0 Å². The van der Waals surface area contributed by atoms with Gasteiger partial charge in [-0.2, -0.15) is 0 Å². The van der Waals surface area contributed by atoms with Crippen LogP contribution in [0.1, 0.15) is 515 Å². The van der Waals surface area contributed by atoms with Crippen LogP contribution in [0, 0.1) is 0 Å². The van der Waals surface area contributed by atoms with Crippen molar-refractivity contribution in [2.45, 2.75) is 527 Å². The van der Waals surface area contributed by atoms with E-state index in [2.05, 4.69) is 43.5 Å². The molecule has 0 radical (unpaired) electrons. The minimum Gasteiger partial charge on any atom is -0.466 e. The number of carbonyl (C=O) groups excluding carboxylic acids is 2. The van der Waals surface area contributed by atoms with E-state index in [4.69, 9.17) is 4.74 Å². The van der Waals surface area contributed by atoms with Crippen LogP contribution in [0.15, 0.2) is 36.5 Å². The van der Waals surface area contributed by atoms with Crippen molar-refractivity contribution in [3.8, 4) is 0 Å². The largest absolute Gasteiger partial charge is 0.466 e. The number of nitrogens with one attached hydrogen (secondary N) is 1. The van der Waals surface area contributed by atoms with Gasteiger partial charge in [0.15, 0.2) is 0 Å². The van der Waals surface area contributed by atoms with Crippen molar-refractivity contribution in [3.05, 3.63) is 36.5 Å². The number of hydrogen-bond donors (Lipinski definition) is 3. The zero-order valence-corrected chi connectivity index (χ0v) is 66.8. The average Bonchev–Trinajstić information content (AvgIpc) is 1.77. The van der Waals surface area contributed by atoms with Crippen molar-refractivity contribution >= 4 is 11.9 Å². The van der Waals surface area contributed by atoms with E-state index < -0.39 is 12.1 Å². The van der Waals surface area contributed by atoms with E-state index in [1.165, 1.54) is 449 Å². The molecule has 2 atom stereocenters. The minimum atomic E-state index is -0.844. The number of amides is 1. The number of rotatable bonds is 86. The van der Waals surface area contributed by atoms with E-state index in [1.807, 2.05) is 6.08 Å². The van der Waals surface area contributed by atoms with Crippen molar-refractivity contribution in [1.82, 2.24) is 5.32 Å². The third-order valence-corrected chi connectivity index (χ3v) is 21.4. The molecule has 0 aromatic rings. The smallest absolute Gasteiger partial charge is 0.305 e. The first-order valence-corrected chi connectivity index (χ1v) is 45.3. The van der Waals surface area contributed by atoms with E-state index in [0.29, 0.717) is 19.4 Å². The molecule has 98 heavy (non-hydrogen) atoms. The SMILES string of the molecule is CCCCCCCC/C=C\CCCCCCCCCCCC(=O)OCCCCCCCCCCCCCCCCCC/C=C\CCCCCCCCCCCCCCCCCCCC(=O)NC(CO)C(O)/C=C/CCCCCCCCCCCCCCCCCCCCCCCCC. The Kier molecular flexibility index (Phi) is 85.8. The Morgan fingerprint density at radius 3 is 0.724 bits per heavy atom. The Morgan fingerprint density at radius 2 is 0.480 bits per heavy atom. The molecule has 0 aromatic carbocycles. The van der Waals surface area contributed by atoms with E-state index in [9.17, 15) is 19.8 Å². The highest BCUT2D eigenvalue weighted by Crippen LogP contribution is 2.21. The molecule has 0 heterocycles. The van der Waals surface area contributed by atoms with E-state index in [-0.39, 0.29) is 18.5 Å². The highest BCUT2D eigenvalue weighted by molar-refractivity contribution is 5.76. The van der Waals surface area contributed by atoms with E-state index in [1.54, 1.807) is 6.08 Å². The van der Waals surface area contributed by atoms with E-state index in [0.717, 1.165) is 38.5 Å². The lowest BCUT2D eigenvalue weighted by Gasteiger charge is -2.20. The van der Waals surface area contributed by atoms with Gasteiger partial charge in [0.2, 0.25) is 5.91 Å². The third kappa shape index (κ3) is 83.0. The summed E-state index contributed by atoms with van der Waals surface area (Å²) in [6.07, 6.45) is 116. The molecule has 6 heteroatoms. The molecule has 2 unspecified atom stereocenters. The fourth-order valence-corrected chi connectivity index (χ4v) is 14.5. The number of ether oxygens (including phenoxy) is 1. The summed E-state index contributed by atoms with van der Waals surface area (Å²) in [6, 6.07) is -0.627. The molecule has 0 spiro atoms. The maximum atomic E-state index is 12.6. The normalized spacial score (nSPS) is 12.6. The van der Waals surface area contributed by atoms with Crippen LogP contribution in [0.3, 0.4) is 0 Å². The molecule has 0 fully saturated rings. The van der Waals surface area contributed by atoms with Gasteiger partial charge in [0, 0.05) is 12.8 Å². The molecule has 0 aliphatic heterocycles. The molecular formula is C92H177NO5. The number of esters is 1. The summed E-state index contributed by atoms with van der Waals surface area (Å²) in [5.41, 5.74) is 0. The van der Waals surface area contributed by atoms with Gasteiger partial charge in [-0.25, -0.2) is 0 Å². The number of aliphatic hydroxyl groups is 2. The summed E-state index contributed by atoms with van der Waals surface area (Å²) in [7, 11) is 0. The molecule has 0 aliphatic rings. The van der Waals surface area contributed by atoms with Crippen LogP contribution in [-0.2, 0) is 14.3 Å². The topological polar surface area (TPSA) is 95.9 Å². The lowest BCUT2D eigenvalue weighted by molar-refractivity contribution is -0.143. The maximum absolute atomic E-state index is 12.6. The van der Waals surface area contributed by atoms with E-state index >= 15 is 0 Å². The predicted octanol–water partition coefficient (Wildman–Crippen LogP) is 30.5. The standard InChI is InChI=1S/C92H177NO5/c1-3-5-7-9-11-13-15-17-19-21-23-24-25-39-42-45-49-52-56-60-64-68-72-76-80-84-90(95)89(88-94)93-91(96)85-81-77-73-69-65-61-57-53-50-46-43-40-37-35-33-31-29-27-26-28-30-32-34-36-38-41-44-47-51-55-59-63-67-71-75-79-83-87-98-92(97)86-82-78-74-70-66-62-58-54-48-22-20-18-16-14-12-10-8-6-4-2/h18,20,26,28,80,84,89-90,94-95H,3-17,19,21-25,27,29-79,81-83,85-88H2,1-2H3,(H,93,96)/b20-18-,28-26-,84-80+. The van der Waals surface area contributed by atoms with Crippen molar-refractivity contribution in [3.63, 3.8) is 0 Å². The zero-order valence-electron chi connectivity index (χ0n) is 66.8. The molecular weight excluding hydrogens is 1200 g/mol. The monoisotopic (exact) mass is 1380 g/mol. The lowest BCUT2D eigenvalue weighted by Crippen LogP contribution is -2.45. The number of carbonyl (C=O) groups is 2. The molecule has 0 rings (SSSR count). The average molecular weight is 1380 g/mol. The maximum Gasteiger partial charge on any atom is 0.305 e. The fraction of sp³-hybridized carbons (Fsp3) is 0.913. The molecule has 0 saturated heterocycles. The number of unbranched alkanes of at least 4 members (excludes halogenated alkanes) is 71. The third-order valence-electron chi connectivity index (χ3n) is 21.4. The summed E-state index contributed by atoms with van der Waals surface area (Å²) >= 11 is 0. The number of hydrogen-bond acceptors (Lipinski definition) is 5. The Hall–Kier alpha value is -1.92. The van der Waals surface area contributed by atoms with Gasteiger partial charge in [-0.05, 0) is 83.5 Å².